The molecule has 24 heavy (non-hydrogen) atoms. The first-order chi connectivity index (χ1) is 11.2. The molecule has 4 heteroatoms. The molecule has 4 nitrogen and oxygen atoms in total. The molecular formula is C20H25NO3. The molecule has 1 N–H and O–H groups in total. The van der Waals surface area contributed by atoms with Crippen LogP contribution in [0.1, 0.15) is 35.7 Å². The molecule has 2 aliphatic heterocycles. The molecular weight excluding hydrogens is 302 g/mol. The Morgan fingerprint density at radius 1 is 1.04 bits per heavy atom. The van der Waals surface area contributed by atoms with E-state index in [4.69, 9.17) is 9.47 Å². The summed E-state index contributed by atoms with van der Waals surface area (Å²) in [4.78, 5) is 2.52. The molecule has 0 fully saturated rings. The highest BCUT2D eigenvalue weighted by atomic mass is 16.5. The maximum absolute atomic E-state index is 10.1. The zero-order chi connectivity index (χ0) is 16.0. The standard InChI is InChI=1S/C19H21NO3.CH4/c1-22-15-3-4-16-12(7-15)5-6-20-11-14-10-19(23-2)18(21)9-13(14)8-17(16)20;/h3-4,7,9-10,17,21H,5-6,8,11H2,1-2H3;1H4. The van der Waals surface area contributed by atoms with Crippen LogP contribution >= 0.6 is 0 Å². The molecule has 0 aliphatic carbocycles. The summed E-state index contributed by atoms with van der Waals surface area (Å²) in [5.74, 6) is 1.71. The van der Waals surface area contributed by atoms with Gasteiger partial charge in [0.15, 0.2) is 11.5 Å². The topological polar surface area (TPSA) is 41.9 Å². The fraction of sp³-hybridized carbons (Fsp3) is 0.400. The van der Waals surface area contributed by atoms with Crippen LogP contribution in [0.3, 0.4) is 0 Å². The summed E-state index contributed by atoms with van der Waals surface area (Å²) in [6.07, 6.45) is 1.97. The largest absolute Gasteiger partial charge is 0.504 e. The van der Waals surface area contributed by atoms with Crippen LogP contribution in [0.5, 0.6) is 17.2 Å². The molecule has 2 aromatic carbocycles. The van der Waals surface area contributed by atoms with Crippen molar-refractivity contribution in [3.05, 3.63) is 52.6 Å². The van der Waals surface area contributed by atoms with Gasteiger partial charge >= 0.3 is 0 Å². The average molecular weight is 327 g/mol. The van der Waals surface area contributed by atoms with Gasteiger partial charge in [0.1, 0.15) is 5.75 Å². The Hall–Kier alpha value is -2.20. The summed E-state index contributed by atoms with van der Waals surface area (Å²) in [6.45, 7) is 1.95. The zero-order valence-corrected chi connectivity index (χ0v) is 13.5. The van der Waals surface area contributed by atoms with Crippen LogP contribution in [-0.4, -0.2) is 30.8 Å². The number of hydrogen-bond donors (Lipinski definition) is 1. The predicted octanol–water partition coefficient (Wildman–Crippen LogP) is 3.70. The lowest BCUT2D eigenvalue weighted by Crippen LogP contribution is -2.39. The first kappa shape index (κ1) is 16.7. The fourth-order valence-corrected chi connectivity index (χ4v) is 3.88. The van der Waals surface area contributed by atoms with Gasteiger partial charge in [-0.25, -0.2) is 0 Å². The lowest BCUT2D eigenvalue weighted by atomic mass is 9.84. The third-order valence-corrected chi connectivity index (χ3v) is 5.11. The van der Waals surface area contributed by atoms with E-state index in [1.54, 1.807) is 14.2 Å². The third kappa shape index (κ3) is 2.61. The molecule has 2 heterocycles. The number of ether oxygens (including phenoxy) is 2. The normalized spacial score (nSPS) is 18.7. The van der Waals surface area contributed by atoms with Gasteiger partial charge in [-0.3, -0.25) is 4.90 Å². The Balaban J connectivity index is 0.00000169. The Labute approximate surface area is 143 Å². The van der Waals surface area contributed by atoms with Crippen LogP contribution in [0.15, 0.2) is 30.3 Å². The third-order valence-electron chi connectivity index (χ3n) is 5.11. The first-order valence-electron chi connectivity index (χ1n) is 7.99. The van der Waals surface area contributed by atoms with E-state index in [0.717, 1.165) is 31.7 Å². The van der Waals surface area contributed by atoms with E-state index >= 15 is 0 Å². The van der Waals surface area contributed by atoms with Crippen LogP contribution in [0.2, 0.25) is 0 Å². The van der Waals surface area contributed by atoms with E-state index in [9.17, 15) is 5.11 Å². The van der Waals surface area contributed by atoms with Crippen molar-refractivity contribution in [2.45, 2.75) is 32.9 Å². The number of phenolic OH excluding ortho intramolecular Hbond substituents is 1. The van der Waals surface area contributed by atoms with Crippen LogP contribution in [0.25, 0.3) is 0 Å². The average Bonchev–Trinajstić information content (AvgIpc) is 2.59. The number of rotatable bonds is 2. The highest BCUT2D eigenvalue weighted by molar-refractivity contribution is 5.49. The van der Waals surface area contributed by atoms with E-state index in [2.05, 4.69) is 17.0 Å². The van der Waals surface area contributed by atoms with Gasteiger partial charge in [-0.05, 0) is 59.4 Å². The second-order valence-corrected chi connectivity index (χ2v) is 6.30. The molecule has 4 rings (SSSR count). The summed E-state index contributed by atoms with van der Waals surface area (Å²) in [6, 6.07) is 10.6. The van der Waals surface area contributed by atoms with E-state index in [1.807, 2.05) is 18.2 Å². The summed E-state index contributed by atoms with van der Waals surface area (Å²) in [5.41, 5.74) is 5.24. The molecule has 128 valence electrons. The molecule has 0 saturated carbocycles. The molecule has 0 spiro atoms. The van der Waals surface area contributed by atoms with Gasteiger partial charge in [-0.15, -0.1) is 0 Å². The highest BCUT2D eigenvalue weighted by Crippen LogP contribution is 2.41. The van der Waals surface area contributed by atoms with Gasteiger partial charge in [0, 0.05) is 19.1 Å². The SMILES string of the molecule is C.COc1ccc2c(c1)CCN1Cc3cc(OC)c(O)cc3CC21. The Morgan fingerprint density at radius 2 is 1.88 bits per heavy atom. The number of hydrogen-bond acceptors (Lipinski definition) is 4. The number of nitrogens with zero attached hydrogens (tertiary/aromatic N) is 1. The smallest absolute Gasteiger partial charge is 0.160 e. The van der Waals surface area contributed by atoms with Gasteiger partial charge in [0.05, 0.1) is 14.2 Å². The lowest BCUT2D eigenvalue weighted by molar-refractivity contribution is 0.160. The van der Waals surface area contributed by atoms with Crippen molar-refractivity contribution in [2.24, 2.45) is 0 Å². The molecule has 0 aromatic heterocycles. The van der Waals surface area contributed by atoms with Crippen molar-refractivity contribution in [3.63, 3.8) is 0 Å². The minimum atomic E-state index is 0. The van der Waals surface area contributed by atoms with Crippen molar-refractivity contribution in [3.8, 4) is 17.2 Å². The number of benzene rings is 2. The van der Waals surface area contributed by atoms with Crippen LogP contribution in [0.4, 0.5) is 0 Å². The van der Waals surface area contributed by atoms with E-state index in [-0.39, 0.29) is 13.2 Å². The van der Waals surface area contributed by atoms with Crippen molar-refractivity contribution in [1.29, 1.82) is 0 Å². The molecule has 0 bridgehead atoms. The maximum Gasteiger partial charge on any atom is 0.160 e. The van der Waals surface area contributed by atoms with Crippen LogP contribution in [-0.2, 0) is 19.4 Å². The van der Waals surface area contributed by atoms with Crippen LogP contribution in [0, 0.1) is 0 Å². The predicted molar refractivity (Wildman–Crippen MR) is 94.9 cm³/mol. The summed E-state index contributed by atoms with van der Waals surface area (Å²) in [7, 11) is 3.31. The Kier molecular flexibility index (Phi) is 4.41. The van der Waals surface area contributed by atoms with E-state index in [1.165, 1.54) is 22.3 Å². The van der Waals surface area contributed by atoms with Crippen LogP contribution < -0.4 is 9.47 Å². The number of aromatic hydroxyl groups is 1. The molecule has 2 aromatic rings. The minimum absolute atomic E-state index is 0. The minimum Gasteiger partial charge on any atom is -0.504 e. The summed E-state index contributed by atoms with van der Waals surface area (Å²) < 4.78 is 10.6. The van der Waals surface area contributed by atoms with E-state index < -0.39 is 0 Å². The molecule has 0 amide bonds. The molecule has 0 saturated heterocycles. The second kappa shape index (κ2) is 6.36. The fourth-order valence-electron chi connectivity index (χ4n) is 3.88. The monoisotopic (exact) mass is 327 g/mol. The molecule has 1 unspecified atom stereocenters. The lowest BCUT2D eigenvalue weighted by Gasteiger charge is -2.41. The van der Waals surface area contributed by atoms with Gasteiger partial charge in [-0.1, -0.05) is 13.5 Å². The summed E-state index contributed by atoms with van der Waals surface area (Å²) in [5, 5.41) is 10.1. The van der Waals surface area contributed by atoms with Crippen molar-refractivity contribution >= 4 is 0 Å². The van der Waals surface area contributed by atoms with Gasteiger partial charge in [-0.2, -0.15) is 0 Å². The number of methoxy groups -OCH3 is 2. The Bertz CT molecular complexity index is 757. The molecule has 1 atom stereocenters. The van der Waals surface area contributed by atoms with Crippen molar-refractivity contribution in [2.75, 3.05) is 20.8 Å². The highest BCUT2D eigenvalue weighted by Gasteiger charge is 2.32. The number of phenols is 1. The van der Waals surface area contributed by atoms with Gasteiger partial charge in [0.25, 0.3) is 0 Å². The van der Waals surface area contributed by atoms with Gasteiger partial charge in [0.2, 0.25) is 0 Å². The van der Waals surface area contributed by atoms with Crippen molar-refractivity contribution in [1.82, 2.24) is 4.90 Å². The Morgan fingerprint density at radius 3 is 2.62 bits per heavy atom. The molecule has 2 aliphatic rings. The zero-order valence-electron chi connectivity index (χ0n) is 13.5. The number of fused-ring (bicyclic) bond motifs is 4. The first-order valence-corrected chi connectivity index (χ1v) is 7.99. The summed E-state index contributed by atoms with van der Waals surface area (Å²) >= 11 is 0. The second-order valence-electron chi connectivity index (χ2n) is 6.30. The van der Waals surface area contributed by atoms with Gasteiger partial charge < -0.3 is 14.6 Å². The van der Waals surface area contributed by atoms with E-state index in [0.29, 0.717) is 11.8 Å². The van der Waals surface area contributed by atoms with Crippen molar-refractivity contribution < 1.29 is 14.6 Å². The maximum atomic E-state index is 10.1. The quantitative estimate of drug-likeness (QED) is 0.913. The molecule has 0 radical (unpaired) electrons.